The topological polar surface area (TPSA) is 72.6 Å². The van der Waals surface area contributed by atoms with Gasteiger partial charge in [-0.1, -0.05) is 12.1 Å². The van der Waals surface area contributed by atoms with E-state index >= 15 is 0 Å². The molecule has 3 unspecified atom stereocenters. The van der Waals surface area contributed by atoms with E-state index in [1.54, 1.807) is 12.1 Å². The average Bonchev–Trinajstić information content (AvgIpc) is 2.46. The smallest absolute Gasteiger partial charge is 0.175 e. The number of ether oxygens (including phenoxy) is 1. The quantitative estimate of drug-likeness (QED) is 0.904. The standard InChI is InChI=1S/C15H24N2O3S/c1-11(16)15-10-17(8-9-20-15)12(2)13-4-6-14(7-5-13)21(3,18)19/h4-7,11-12,15H,8-10,16H2,1-3H3. The summed E-state index contributed by atoms with van der Waals surface area (Å²) in [6, 6.07) is 7.33. The summed E-state index contributed by atoms with van der Waals surface area (Å²) in [6.45, 7) is 6.42. The summed E-state index contributed by atoms with van der Waals surface area (Å²) in [5.41, 5.74) is 7.02. The number of sulfone groups is 1. The van der Waals surface area contributed by atoms with Crippen molar-refractivity contribution in [2.24, 2.45) is 5.73 Å². The summed E-state index contributed by atoms with van der Waals surface area (Å²) in [4.78, 5) is 2.68. The van der Waals surface area contributed by atoms with Gasteiger partial charge in [-0.3, -0.25) is 4.90 Å². The van der Waals surface area contributed by atoms with Gasteiger partial charge in [0.15, 0.2) is 9.84 Å². The van der Waals surface area contributed by atoms with Gasteiger partial charge in [-0.2, -0.15) is 0 Å². The van der Waals surface area contributed by atoms with E-state index in [0.717, 1.165) is 18.7 Å². The van der Waals surface area contributed by atoms with Gasteiger partial charge in [0.25, 0.3) is 0 Å². The lowest BCUT2D eigenvalue weighted by Gasteiger charge is -2.38. The maximum absolute atomic E-state index is 11.5. The summed E-state index contributed by atoms with van der Waals surface area (Å²) in [6.07, 6.45) is 1.28. The van der Waals surface area contributed by atoms with E-state index in [4.69, 9.17) is 10.5 Å². The Morgan fingerprint density at radius 1 is 1.29 bits per heavy atom. The van der Waals surface area contributed by atoms with Gasteiger partial charge in [0.1, 0.15) is 0 Å². The molecule has 1 aliphatic heterocycles. The minimum absolute atomic E-state index is 0.00705. The van der Waals surface area contributed by atoms with Crippen LogP contribution in [0.15, 0.2) is 29.2 Å². The highest BCUT2D eigenvalue weighted by Gasteiger charge is 2.27. The Balaban J connectivity index is 2.11. The number of rotatable bonds is 4. The van der Waals surface area contributed by atoms with Gasteiger partial charge in [0.2, 0.25) is 0 Å². The number of nitrogens with zero attached hydrogens (tertiary/aromatic N) is 1. The Morgan fingerprint density at radius 2 is 1.90 bits per heavy atom. The monoisotopic (exact) mass is 312 g/mol. The van der Waals surface area contributed by atoms with Gasteiger partial charge < -0.3 is 10.5 Å². The van der Waals surface area contributed by atoms with Crippen molar-refractivity contribution in [2.75, 3.05) is 26.0 Å². The highest BCUT2D eigenvalue weighted by atomic mass is 32.2. The number of morpholine rings is 1. The zero-order valence-corrected chi connectivity index (χ0v) is 13.6. The number of nitrogens with two attached hydrogens (primary N) is 1. The third kappa shape index (κ3) is 4.03. The van der Waals surface area contributed by atoms with E-state index < -0.39 is 9.84 Å². The van der Waals surface area contributed by atoms with Gasteiger partial charge in [-0.05, 0) is 31.5 Å². The molecule has 2 N–H and O–H groups in total. The molecular formula is C15H24N2O3S. The first-order chi connectivity index (χ1) is 9.79. The van der Waals surface area contributed by atoms with Crippen molar-refractivity contribution < 1.29 is 13.2 Å². The summed E-state index contributed by atoms with van der Waals surface area (Å²) in [7, 11) is -3.14. The first kappa shape index (κ1) is 16.4. The molecule has 0 bridgehead atoms. The summed E-state index contributed by atoms with van der Waals surface area (Å²) < 4.78 is 28.7. The van der Waals surface area contributed by atoms with E-state index in [0.29, 0.717) is 11.5 Å². The molecule has 1 heterocycles. The van der Waals surface area contributed by atoms with Crippen LogP contribution in [0.25, 0.3) is 0 Å². The van der Waals surface area contributed by atoms with Crippen LogP contribution in [0.3, 0.4) is 0 Å². The molecule has 1 aromatic carbocycles. The Bertz CT molecular complexity index is 569. The lowest BCUT2D eigenvalue weighted by molar-refractivity contribution is -0.0498. The Labute approximate surface area is 127 Å². The molecule has 0 spiro atoms. The molecular weight excluding hydrogens is 288 g/mol. The van der Waals surface area contributed by atoms with E-state index in [1.807, 2.05) is 19.1 Å². The van der Waals surface area contributed by atoms with Crippen LogP contribution in [0, 0.1) is 0 Å². The number of hydrogen-bond donors (Lipinski definition) is 1. The van der Waals surface area contributed by atoms with Gasteiger partial charge in [0.05, 0.1) is 17.6 Å². The van der Waals surface area contributed by atoms with Crippen molar-refractivity contribution in [2.45, 2.75) is 36.9 Å². The normalized spacial score (nSPS) is 23.7. The minimum Gasteiger partial charge on any atom is -0.374 e. The van der Waals surface area contributed by atoms with E-state index in [9.17, 15) is 8.42 Å². The summed E-state index contributed by atoms with van der Waals surface area (Å²) >= 11 is 0. The third-order valence-corrected chi connectivity index (χ3v) is 5.18. The molecule has 0 radical (unpaired) electrons. The van der Waals surface area contributed by atoms with E-state index in [2.05, 4.69) is 11.8 Å². The van der Waals surface area contributed by atoms with Crippen LogP contribution in [-0.4, -0.2) is 51.4 Å². The van der Waals surface area contributed by atoms with Crippen molar-refractivity contribution in [3.63, 3.8) is 0 Å². The van der Waals surface area contributed by atoms with Gasteiger partial charge >= 0.3 is 0 Å². The van der Waals surface area contributed by atoms with Gasteiger partial charge in [0, 0.05) is 31.4 Å². The summed E-state index contributed by atoms with van der Waals surface area (Å²) in [5, 5.41) is 0. The van der Waals surface area contributed by atoms with Crippen LogP contribution in [0.4, 0.5) is 0 Å². The van der Waals surface area contributed by atoms with Crippen molar-refractivity contribution >= 4 is 9.84 Å². The molecule has 6 heteroatoms. The highest BCUT2D eigenvalue weighted by Crippen LogP contribution is 2.24. The molecule has 1 saturated heterocycles. The molecule has 3 atom stereocenters. The van der Waals surface area contributed by atoms with Crippen LogP contribution < -0.4 is 5.73 Å². The maximum atomic E-state index is 11.5. The molecule has 118 valence electrons. The molecule has 1 aromatic rings. The van der Waals surface area contributed by atoms with Crippen LogP contribution in [0.5, 0.6) is 0 Å². The minimum atomic E-state index is -3.14. The second kappa shape index (κ2) is 6.44. The SMILES string of the molecule is CC(N)C1CN(C(C)c2ccc(S(C)(=O)=O)cc2)CCO1. The molecule has 0 aromatic heterocycles. The molecule has 2 rings (SSSR count). The average molecular weight is 312 g/mol. The van der Waals surface area contributed by atoms with Crippen molar-refractivity contribution in [3.8, 4) is 0 Å². The lowest BCUT2D eigenvalue weighted by atomic mass is 10.0. The van der Waals surface area contributed by atoms with Crippen molar-refractivity contribution in [1.82, 2.24) is 4.90 Å². The predicted molar refractivity (Wildman–Crippen MR) is 82.9 cm³/mol. The van der Waals surface area contributed by atoms with Crippen molar-refractivity contribution in [3.05, 3.63) is 29.8 Å². The van der Waals surface area contributed by atoms with E-state index in [1.165, 1.54) is 6.26 Å². The molecule has 21 heavy (non-hydrogen) atoms. The number of hydrogen-bond acceptors (Lipinski definition) is 5. The van der Waals surface area contributed by atoms with Gasteiger partial charge in [-0.15, -0.1) is 0 Å². The zero-order chi connectivity index (χ0) is 15.6. The third-order valence-electron chi connectivity index (χ3n) is 4.05. The van der Waals surface area contributed by atoms with Crippen LogP contribution in [-0.2, 0) is 14.6 Å². The number of benzene rings is 1. The Hall–Kier alpha value is -0.950. The highest BCUT2D eigenvalue weighted by molar-refractivity contribution is 7.90. The fourth-order valence-corrected chi connectivity index (χ4v) is 3.20. The van der Waals surface area contributed by atoms with Crippen molar-refractivity contribution in [1.29, 1.82) is 0 Å². The predicted octanol–water partition coefficient (Wildman–Crippen LogP) is 1.20. The second-order valence-electron chi connectivity index (χ2n) is 5.78. The lowest BCUT2D eigenvalue weighted by Crippen LogP contribution is -2.50. The molecule has 0 amide bonds. The first-order valence-corrected chi connectivity index (χ1v) is 9.09. The molecule has 0 saturated carbocycles. The Kier molecular flexibility index (Phi) is 5.03. The fraction of sp³-hybridized carbons (Fsp3) is 0.600. The van der Waals surface area contributed by atoms with Crippen LogP contribution in [0.2, 0.25) is 0 Å². The molecule has 0 aliphatic carbocycles. The fourth-order valence-electron chi connectivity index (χ4n) is 2.57. The van der Waals surface area contributed by atoms with Crippen LogP contribution >= 0.6 is 0 Å². The Morgan fingerprint density at radius 3 is 2.43 bits per heavy atom. The zero-order valence-electron chi connectivity index (χ0n) is 12.8. The van der Waals surface area contributed by atoms with E-state index in [-0.39, 0.29) is 18.2 Å². The summed E-state index contributed by atoms with van der Waals surface area (Å²) in [5.74, 6) is 0. The second-order valence-corrected chi connectivity index (χ2v) is 7.80. The van der Waals surface area contributed by atoms with Gasteiger partial charge in [-0.25, -0.2) is 8.42 Å². The molecule has 1 fully saturated rings. The largest absolute Gasteiger partial charge is 0.374 e. The first-order valence-electron chi connectivity index (χ1n) is 7.20. The maximum Gasteiger partial charge on any atom is 0.175 e. The molecule has 5 nitrogen and oxygen atoms in total. The molecule has 1 aliphatic rings. The van der Waals surface area contributed by atoms with Crippen LogP contribution in [0.1, 0.15) is 25.5 Å².